The first kappa shape index (κ1) is 22.5. The van der Waals surface area contributed by atoms with Gasteiger partial charge >= 0.3 is 11.9 Å². The number of nitrogens with one attached hydrogen (secondary N) is 1. The number of furan rings is 1. The Morgan fingerprint density at radius 1 is 1.22 bits per heavy atom. The molecule has 166 valence electrons. The largest absolute Gasteiger partial charge is 0.462 e. The first-order valence-corrected chi connectivity index (χ1v) is 9.81. The molecule has 0 aliphatic carbocycles. The van der Waals surface area contributed by atoms with E-state index in [0.29, 0.717) is 16.8 Å². The van der Waals surface area contributed by atoms with Crippen LogP contribution in [0.2, 0.25) is 0 Å². The number of carbonyl (C=O) groups is 2. The van der Waals surface area contributed by atoms with Crippen molar-refractivity contribution >= 4 is 24.0 Å². The second-order valence-electron chi connectivity index (χ2n) is 6.83. The summed E-state index contributed by atoms with van der Waals surface area (Å²) in [7, 11) is 0. The third kappa shape index (κ3) is 4.75. The molecule has 0 radical (unpaired) electrons. The van der Waals surface area contributed by atoms with Crippen molar-refractivity contribution in [3.63, 3.8) is 0 Å². The second kappa shape index (κ2) is 9.73. The van der Waals surface area contributed by atoms with Gasteiger partial charge in [-0.15, -0.1) is 0 Å². The highest BCUT2D eigenvalue weighted by Crippen LogP contribution is 2.31. The molecule has 0 atom stereocenters. The first-order chi connectivity index (χ1) is 15.3. The van der Waals surface area contributed by atoms with Crippen molar-refractivity contribution in [2.24, 2.45) is 5.10 Å². The van der Waals surface area contributed by atoms with Gasteiger partial charge in [0.15, 0.2) is 5.76 Å². The predicted octanol–water partition coefficient (Wildman–Crippen LogP) is 3.60. The molecule has 0 spiro atoms. The summed E-state index contributed by atoms with van der Waals surface area (Å²) in [6.07, 6.45) is 1.17. The number of benzene rings is 1. The zero-order valence-electron chi connectivity index (χ0n) is 17.8. The van der Waals surface area contributed by atoms with E-state index in [-0.39, 0.29) is 18.9 Å². The maximum Gasteiger partial charge on any atom is 0.433 e. The van der Waals surface area contributed by atoms with Crippen LogP contribution in [0, 0.1) is 24.0 Å². The van der Waals surface area contributed by atoms with Crippen molar-refractivity contribution in [3.05, 3.63) is 75.2 Å². The van der Waals surface area contributed by atoms with E-state index in [1.807, 2.05) is 37.3 Å². The number of esters is 1. The fourth-order valence-corrected chi connectivity index (χ4v) is 3.42. The van der Waals surface area contributed by atoms with E-state index in [2.05, 4.69) is 10.5 Å². The molecule has 0 saturated heterocycles. The van der Waals surface area contributed by atoms with Crippen molar-refractivity contribution < 1.29 is 23.7 Å². The molecule has 1 aromatic carbocycles. The number of hydrogen-bond donors (Lipinski definition) is 1. The number of amides is 1. The number of nitrogens with zero attached hydrogens (tertiary/aromatic N) is 3. The summed E-state index contributed by atoms with van der Waals surface area (Å²) in [4.78, 5) is 35.1. The molecule has 1 amide bonds. The summed E-state index contributed by atoms with van der Waals surface area (Å²) in [5.74, 6) is -1.20. The van der Waals surface area contributed by atoms with E-state index in [4.69, 9.17) is 9.15 Å². The minimum absolute atomic E-state index is 0.105. The van der Waals surface area contributed by atoms with Crippen LogP contribution >= 0.6 is 0 Å². The Morgan fingerprint density at radius 3 is 2.56 bits per heavy atom. The zero-order chi connectivity index (χ0) is 23.3. The van der Waals surface area contributed by atoms with Crippen LogP contribution in [0.1, 0.15) is 34.3 Å². The van der Waals surface area contributed by atoms with Crippen molar-refractivity contribution in [1.29, 1.82) is 0 Å². The molecule has 10 heteroatoms. The standard InChI is InChI=1S/C22H22N4O6/c1-4-31-22(28)20-14(2)21(16-8-6-5-7-9-16)25(15(20)3)13-18(27)24-23-12-17-10-11-19(32-17)26(29)30/h5-12H,4,13H2,1-3H3,(H,24,27)/b23-12+. The van der Waals surface area contributed by atoms with E-state index in [0.717, 1.165) is 11.3 Å². The summed E-state index contributed by atoms with van der Waals surface area (Å²) in [5, 5.41) is 14.5. The molecule has 2 heterocycles. The van der Waals surface area contributed by atoms with Crippen molar-refractivity contribution in [1.82, 2.24) is 9.99 Å². The predicted molar refractivity (Wildman–Crippen MR) is 116 cm³/mol. The molecule has 0 unspecified atom stereocenters. The summed E-state index contributed by atoms with van der Waals surface area (Å²) in [5.41, 5.74) is 5.68. The Morgan fingerprint density at radius 2 is 1.94 bits per heavy atom. The average molecular weight is 438 g/mol. The maximum absolute atomic E-state index is 12.6. The summed E-state index contributed by atoms with van der Waals surface area (Å²) in [6.45, 7) is 5.44. The molecule has 0 aliphatic rings. The lowest BCUT2D eigenvalue weighted by atomic mass is 10.1. The van der Waals surface area contributed by atoms with Crippen LogP contribution < -0.4 is 5.43 Å². The lowest BCUT2D eigenvalue weighted by Crippen LogP contribution is -2.24. The minimum Gasteiger partial charge on any atom is -0.462 e. The Bertz CT molecular complexity index is 1180. The van der Waals surface area contributed by atoms with E-state index in [1.54, 1.807) is 18.4 Å². The summed E-state index contributed by atoms with van der Waals surface area (Å²) >= 11 is 0. The molecule has 3 rings (SSSR count). The molecular formula is C22H22N4O6. The molecule has 0 bridgehead atoms. The van der Waals surface area contributed by atoms with Gasteiger partial charge in [0.2, 0.25) is 0 Å². The van der Waals surface area contributed by atoms with Gasteiger partial charge in [0, 0.05) is 5.69 Å². The van der Waals surface area contributed by atoms with E-state index in [1.165, 1.54) is 18.3 Å². The lowest BCUT2D eigenvalue weighted by Gasteiger charge is -2.11. The molecule has 1 N–H and O–H groups in total. The van der Waals surface area contributed by atoms with Crippen molar-refractivity contribution in [3.8, 4) is 11.3 Å². The smallest absolute Gasteiger partial charge is 0.433 e. The summed E-state index contributed by atoms with van der Waals surface area (Å²) < 4.78 is 11.9. The highest BCUT2D eigenvalue weighted by Gasteiger charge is 2.25. The van der Waals surface area contributed by atoms with Crippen LogP contribution in [-0.2, 0) is 16.1 Å². The Hall–Kier alpha value is -4.21. The van der Waals surface area contributed by atoms with E-state index >= 15 is 0 Å². The summed E-state index contributed by atoms with van der Waals surface area (Å²) in [6, 6.07) is 12.0. The highest BCUT2D eigenvalue weighted by molar-refractivity contribution is 5.95. The molecule has 0 aliphatic heterocycles. The van der Waals surface area contributed by atoms with Crippen molar-refractivity contribution in [2.75, 3.05) is 6.61 Å². The van der Waals surface area contributed by atoms with Crippen LogP contribution in [0.5, 0.6) is 0 Å². The van der Waals surface area contributed by atoms with Crippen LogP contribution in [0.25, 0.3) is 11.3 Å². The second-order valence-corrected chi connectivity index (χ2v) is 6.83. The number of nitro groups is 1. The SMILES string of the molecule is CCOC(=O)c1c(C)c(-c2ccccc2)n(CC(=O)N/N=C/c2ccc([N+](=O)[O-])o2)c1C. The highest BCUT2D eigenvalue weighted by atomic mass is 16.6. The number of hydrogen-bond acceptors (Lipinski definition) is 7. The molecule has 0 saturated carbocycles. The van der Waals surface area contributed by atoms with Gasteiger partial charge in [0.25, 0.3) is 5.91 Å². The minimum atomic E-state index is -0.667. The topological polar surface area (TPSA) is 129 Å². The Kier molecular flexibility index (Phi) is 6.83. The Balaban J connectivity index is 1.86. The maximum atomic E-state index is 12.6. The number of rotatable bonds is 8. The van der Waals surface area contributed by atoms with Gasteiger partial charge in [0.1, 0.15) is 11.5 Å². The van der Waals surface area contributed by atoms with E-state index in [9.17, 15) is 19.7 Å². The fraction of sp³-hybridized carbons (Fsp3) is 0.227. The van der Waals surface area contributed by atoms with Gasteiger partial charge in [-0.25, -0.2) is 10.2 Å². The lowest BCUT2D eigenvalue weighted by molar-refractivity contribution is -0.402. The van der Waals surface area contributed by atoms with Gasteiger partial charge in [-0.05, 0) is 38.0 Å². The number of hydrazone groups is 1. The normalized spacial score (nSPS) is 11.0. The van der Waals surface area contributed by atoms with E-state index < -0.39 is 22.7 Å². The van der Waals surface area contributed by atoms with Gasteiger partial charge in [-0.2, -0.15) is 5.10 Å². The number of ether oxygens (including phenoxy) is 1. The van der Waals surface area contributed by atoms with Gasteiger partial charge in [-0.1, -0.05) is 30.3 Å². The quantitative estimate of drug-likeness (QED) is 0.248. The van der Waals surface area contributed by atoms with Crippen LogP contribution in [0.4, 0.5) is 5.88 Å². The molecule has 2 aromatic heterocycles. The monoisotopic (exact) mass is 438 g/mol. The molecule has 3 aromatic rings. The molecule has 32 heavy (non-hydrogen) atoms. The zero-order valence-corrected chi connectivity index (χ0v) is 17.8. The number of aromatic nitrogens is 1. The number of carbonyl (C=O) groups excluding carboxylic acids is 2. The first-order valence-electron chi connectivity index (χ1n) is 9.81. The molecular weight excluding hydrogens is 416 g/mol. The third-order valence-electron chi connectivity index (χ3n) is 4.77. The Labute approximate surface area is 183 Å². The van der Waals surface area contributed by atoms with Gasteiger partial charge in [0.05, 0.1) is 30.1 Å². The molecule has 10 nitrogen and oxygen atoms in total. The van der Waals surface area contributed by atoms with Gasteiger partial charge < -0.3 is 13.7 Å². The van der Waals surface area contributed by atoms with Crippen LogP contribution in [-0.4, -0.2) is 34.2 Å². The van der Waals surface area contributed by atoms with Crippen molar-refractivity contribution in [2.45, 2.75) is 27.3 Å². The third-order valence-corrected chi connectivity index (χ3v) is 4.77. The molecule has 0 fully saturated rings. The fourth-order valence-electron chi connectivity index (χ4n) is 3.42. The van der Waals surface area contributed by atoms with Crippen LogP contribution in [0.3, 0.4) is 0 Å². The average Bonchev–Trinajstić information content (AvgIpc) is 3.32. The van der Waals surface area contributed by atoms with Crippen LogP contribution in [0.15, 0.2) is 52.0 Å². The van der Waals surface area contributed by atoms with Gasteiger partial charge in [-0.3, -0.25) is 14.9 Å².